The van der Waals surface area contributed by atoms with Crippen LogP contribution in [0.1, 0.15) is 52.4 Å². The van der Waals surface area contributed by atoms with Crippen LogP contribution in [0.5, 0.6) is 0 Å². The van der Waals surface area contributed by atoms with E-state index in [4.69, 9.17) is 10.5 Å². The van der Waals surface area contributed by atoms with E-state index in [1.165, 1.54) is 32.1 Å². The Bertz CT molecular complexity index is 167. The van der Waals surface area contributed by atoms with Crippen molar-refractivity contribution in [2.45, 2.75) is 52.4 Å². The first-order chi connectivity index (χ1) is 7.16. The lowest BCUT2D eigenvalue weighted by Gasteiger charge is -2.03. The van der Waals surface area contributed by atoms with E-state index >= 15 is 0 Å². The molecular formula is C12H26N2O. The molecular weight excluding hydrogens is 188 g/mol. The van der Waals surface area contributed by atoms with Crippen molar-refractivity contribution < 1.29 is 4.74 Å². The quantitative estimate of drug-likeness (QED) is 0.383. The second kappa shape index (κ2) is 9.81. The second-order valence-corrected chi connectivity index (χ2v) is 4.37. The fourth-order valence-electron chi connectivity index (χ4n) is 1.45. The number of nitrogens with zero attached hydrogens (tertiary/aromatic N) is 1. The molecule has 15 heavy (non-hydrogen) atoms. The largest absolute Gasteiger partial charge is 0.469 e. The zero-order chi connectivity index (χ0) is 11.5. The minimum Gasteiger partial charge on any atom is -0.469 e. The molecule has 0 amide bonds. The second-order valence-electron chi connectivity index (χ2n) is 4.37. The highest BCUT2D eigenvalue weighted by atomic mass is 16.5. The van der Waals surface area contributed by atoms with Gasteiger partial charge in [-0.2, -0.15) is 0 Å². The molecule has 0 fully saturated rings. The summed E-state index contributed by atoms with van der Waals surface area (Å²) in [6.07, 6.45) is 7.75. The minimum atomic E-state index is 0.301. The number of hydrogen-bond donors (Lipinski definition) is 1. The number of hydrogen-bond acceptors (Lipinski definition) is 2. The summed E-state index contributed by atoms with van der Waals surface area (Å²) in [5.74, 6) is 0.844. The van der Waals surface area contributed by atoms with Crippen molar-refractivity contribution in [3.05, 3.63) is 0 Å². The Morgan fingerprint density at radius 2 is 1.73 bits per heavy atom. The van der Waals surface area contributed by atoms with Gasteiger partial charge in [-0.3, -0.25) is 0 Å². The molecule has 2 N–H and O–H groups in total. The van der Waals surface area contributed by atoms with Crippen LogP contribution in [0.25, 0.3) is 0 Å². The normalized spacial score (nSPS) is 12.1. The van der Waals surface area contributed by atoms with Gasteiger partial charge in [0.25, 0.3) is 6.02 Å². The summed E-state index contributed by atoms with van der Waals surface area (Å²) in [6.45, 7) is 5.36. The van der Waals surface area contributed by atoms with Crippen LogP contribution in [0.2, 0.25) is 0 Å². The summed E-state index contributed by atoms with van der Waals surface area (Å²) in [5.41, 5.74) is 5.40. The van der Waals surface area contributed by atoms with Gasteiger partial charge in [0.05, 0.1) is 7.11 Å². The molecule has 90 valence electrons. The maximum Gasteiger partial charge on any atom is 0.281 e. The lowest BCUT2D eigenvalue weighted by molar-refractivity contribution is 0.393. The zero-order valence-corrected chi connectivity index (χ0v) is 10.5. The third kappa shape index (κ3) is 11.2. The monoisotopic (exact) mass is 214 g/mol. The van der Waals surface area contributed by atoms with Gasteiger partial charge in [0.2, 0.25) is 0 Å². The topological polar surface area (TPSA) is 47.6 Å². The van der Waals surface area contributed by atoms with Crippen LogP contribution >= 0.6 is 0 Å². The maximum atomic E-state index is 5.40. The number of ether oxygens (including phenoxy) is 1. The molecule has 0 saturated carbocycles. The molecule has 0 atom stereocenters. The molecule has 0 radical (unpaired) electrons. The van der Waals surface area contributed by atoms with Gasteiger partial charge in [0.15, 0.2) is 0 Å². The van der Waals surface area contributed by atoms with E-state index in [2.05, 4.69) is 18.8 Å². The van der Waals surface area contributed by atoms with E-state index in [0.29, 0.717) is 6.02 Å². The molecule has 0 unspecified atom stereocenters. The van der Waals surface area contributed by atoms with Crippen molar-refractivity contribution in [1.82, 2.24) is 0 Å². The molecule has 0 aliphatic rings. The molecule has 0 aromatic carbocycles. The Morgan fingerprint density at radius 3 is 2.33 bits per heavy atom. The highest BCUT2D eigenvalue weighted by molar-refractivity contribution is 5.71. The molecule has 0 aromatic heterocycles. The number of unbranched alkanes of at least 4 members (excludes halogenated alkanes) is 4. The third-order valence-electron chi connectivity index (χ3n) is 2.42. The summed E-state index contributed by atoms with van der Waals surface area (Å²) in [6, 6.07) is 0.301. The fourth-order valence-corrected chi connectivity index (χ4v) is 1.45. The molecule has 0 bridgehead atoms. The van der Waals surface area contributed by atoms with Crippen molar-refractivity contribution >= 4 is 6.02 Å². The van der Waals surface area contributed by atoms with Gasteiger partial charge in [0.1, 0.15) is 0 Å². The van der Waals surface area contributed by atoms with Gasteiger partial charge in [-0.15, -0.1) is 0 Å². The lowest BCUT2D eigenvalue weighted by Crippen LogP contribution is -2.14. The maximum absolute atomic E-state index is 5.40. The highest BCUT2D eigenvalue weighted by Gasteiger charge is 1.94. The zero-order valence-electron chi connectivity index (χ0n) is 10.5. The van der Waals surface area contributed by atoms with E-state index in [-0.39, 0.29) is 0 Å². The van der Waals surface area contributed by atoms with Gasteiger partial charge in [-0.1, -0.05) is 46.0 Å². The molecule has 3 heteroatoms. The van der Waals surface area contributed by atoms with Crippen molar-refractivity contribution in [2.24, 2.45) is 16.6 Å². The minimum absolute atomic E-state index is 0.301. The number of amidine groups is 1. The number of nitrogens with two attached hydrogens (primary N) is 1. The Kier molecular flexibility index (Phi) is 9.33. The van der Waals surface area contributed by atoms with Crippen LogP contribution in [0.15, 0.2) is 4.99 Å². The van der Waals surface area contributed by atoms with Crippen molar-refractivity contribution in [3.63, 3.8) is 0 Å². The summed E-state index contributed by atoms with van der Waals surface area (Å²) >= 11 is 0. The van der Waals surface area contributed by atoms with Crippen LogP contribution in [-0.2, 0) is 4.74 Å². The van der Waals surface area contributed by atoms with Gasteiger partial charge in [-0.25, -0.2) is 4.99 Å². The first kappa shape index (κ1) is 14.3. The first-order valence-corrected chi connectivity index (χ1v) is 6.00. The fraction of sp³-hybridized carbons (Fsp3) is 0.917. The van der Waals surface area contributed by atoms with Gasteiger partial charge < -0.3 is 10.5 Å². The number of aliphatic imine (C=N–C) groups is 1. The van der Waals surface area contributed by atoms with Crippen LogP contribution in [0, 0.1) is 5.92 Å². The average Bonchev–Trinajstić information content (AvgIpc) is 2.21. The van der Waals surface area contributed by atoms with E-state index in [9.17, 15) is 0 Å². The van der Waals surface area contributed by atoms with Gasteiger partial charge >= 0.3 is 0 Å². The Morgan fingerprint density at radius 1 is 1.13 bits per heavy atom. The van der Waals surface area contributed by atoms with E-state index in [1.54, 1.807) is 7.11 Å². The lowest BCUT2D eigenvalue weighted by atomic mass is 10.0. The molecule has 0 aromatic rings. The van der Waals surface area contributed by atoms with Crippen LogP contribution in [0.4, 0.5) is 0 Å². The predicted molar refractivity (Wildman–Crippen MR) is 66.0 cm³/mol. The predicted octanol–water partition coefficient (Wildman–Crippen LogP) is 2.94. The summed E-state index contributed by atoms with van der Waals surface area (Å²) in [5, 5.41) is 0. The van der Waals surface area contributed by atoms with Gasteiger partial charge in [-0.05, 0) is 12.3 Å². The molecule has 0 aliphatic heterocycles. The van der Waals surface area contributed by atoms with Gasteiger partial charge in [0, 0.05) is 6.54 Å². The molecule has 0 heterocycles. The van der Waals surface area contributed by atoms with Crippen molar-refractivity contribution in [2.75, 3.05) is 13.7 Å². The Labute approximate surface area is 94.1 Å². The summed E-state index contributed by atoms with van der Waals surface area (Å²) < 4.78 is 4.75. The SMILES string of the molecule is COC(N)=NCCCCCCCC(C)C. The van der Waals surface area contributed by atoms with Crippen molar-refractivity contribution in [3.8, 4) is 0 Å². The van der Waals surface area contributed by atoms with E-state index in [1.807, 2.05) is 0 Å². The van der Waals surface area contributed by atoms with Crippen molar-refractivity contribution in [1.29, 1.82) is 0 Å². The summed E-state index contributed by atoms with van der Waals surface area (Å²) in [4.78, 5) is 4.06. The standard InChI is InChI=1S/C12H26N2O/c1-11(2)9-7-5-4-6-8-10-14-12(13)15-3/h11H,4-10H2,1-3H3,(H2,13,14). The Balaban J connectivity index is 3.12. The third-order valence-corrected chi connectivity index (χ3v) is 2.42. The smallest absolute Gasteiger partial charge is 0.281 e. The van der Waals surface area contributed by atoms with E-state index in [0.717, 1.165) is 18.9 Å². The first-order valence-electron chi connectivity index (χ1n) is 6.00. The van der Waals surface area contributed by atoms with Crippen LogP contribution in [0.3, 0.4) is 0 Å². The molecule has 0 spiro atoms. The summed E-state index contributed by atoms with van der Waals surface area (Å²) in [7, 11) is 1.55. The Hall–Kier alpha value is -0.730. The number of methoxy groups -OCH3 is 1. The van der Waals surface area contributed by atoms with Crippen LogP contribution in [-0.4, -0.2) is 19.7 Å². The average molecular weight is 214 g/mol. The van der Waals surface area contributed by atoms with E-state index < -0.39 is 0 Å². The molecule has 0 saturated heterocycles. The molecule has 3 nitrogen and oxygen atoms in total. The van der Waals surface area contributed by atoms with Crippen LogP contribution < -0.4 is 5.73 Å². The number of rotatable bonds is 8. The molecule has 0 rings (SSSR count). The molecule has 0 aliphatic carbocycles. The highest BCUT2D eigenvalue weighted by Crippen LogP contribution is 2.10.